The zero-order chi connectivity index (χ0) is 18.3. The van der Waals surface area contributed by atoms with E-state index in [2.05, 4.69) is 11.6 Å². The van der Waals surface area contributed by atoms with E-state index in [-0.39, 0.29) is 23.0 Å². The molecule has 0 radical (unpaired) electrons. The molecule has 1 aliphatic heterocycles. The molecule has 26 heavy (non-hydrogen) atoms. The maximum atomic E-state index is 13.3. The summed E-state index contributed by atoms with van der Waals surface area (Å²) in [6.45, 7) is 4.12. The Labute approximate surface area is 159 Å². The average molecular weight is 386 g/mol. The zero-order valence-corrected chi connectivity index (χ0v) is 15.5. The van der Waals surface area contributed by atoms with Crippen LogP contribution in [0.3, 0.4) is 0 Å². The number of allylic oxidation sites excluding steroid dienone is 1. The molecule has 1 aromatic carbocycles. The highest BCUT2D eigenvalue weighted by molar-refractivity contribution is 7.15. The number of nitrogens with zero attached hydrogens (tertiary/aromatic N) is 3. The summed E-state index contributed by atoms with van der Waals surface area (Å²) >= 11 is 7.36. The van der Waals surface area contributed by atoms with Crippen LogP contribution in [-0.2, 0) is 13.0 Å². The summed E-state index contributed by atoms with van der Waals surface area (Å²) < 4.78 is 3.83. The van der Waals surface area contributed by atoms with Gasteiger partial charge in [0.1, 0.15) is 18.2 Å². The first-order valence-electron chi connectivity index (χ1n) is 8.27. The van der Waals surface area contributed by atoms with Gasteiger partial charge in [-0.1, -0.05) is 54.6 Å². The molecule has 7 heteroatoms. The maximum absolute atomic E-state index is 13.3. The Morgan fingerprint density at radius 1 is 1.42 bits per heavy atom. The van der Waals surface area contributed by atoms with E-state index in [0.29, 0.717) is 23.0 Å². The van der Waals surface area contributed by atoms with Gasteiger partial charge in [-0.3, -0.25) is 0 Å². The molecule has 4 rings (SSSR count). The van der Waals surface area contributed by atoms with Gasteiger partial charge in [-0.15, -0.1) is 11.3 Å². The number of thiazole rings is 1. The van der Waals surface area contributed by atoms with Crippen molar-refractivity contribution in [3.05, 3.63) is 74.7 Å². The second kappa shape index (κ2) is 6.70. The summed E-state index contributed by atoms with van der Waals surface area (Å²) in [5, 5.41) is 13.1. The Kier molecular flexibility index (Phi) is 4.38. The van der Waals surface area contributed by atoms with Gasteiger partial charge >= 0.3 is 5.56 Å². The van der Waals surface area contributed by atoms with Crippen LogP contribution >= 0.6 is 22.9 Å². The van der Waals surface area contributed by atoms with Crippen molar-refractivity contribution >= 4 is 22.9 Å². The molecular weight excluding hydrogens is 370 g/mol. The first kappa shape index (κ1) is 17.0. The topological polar surface area (TPSA) is 61.8 Å². The Morgan fingerprint density at radius 2 is 2.19 bits per heavy atom. The Morgan fingerprint density at radius 3 is 2.85 bits per heavy atom. The van der Waals surface area contributed by atoms with E-state index in [0.717, 1.165) is 17.1 Å². The Hall–Kier alpha value is -2.44. The first-order valence-corrected chi connectivity index (χ1v) is 9.47. The molecule has 2 aromatic heterocycles. The van der Waals surface area contributed by atoms with Gasteiger partial charge in [0.25, 0.3) is 5.82 Å². The minimum Gasteiger partial charge on any atom is -0.842 e. The van der Waals surface area contributed by atoms with Crippen molar-refractivity contribution in [1.29, 1.82) is 0 Å². The van der Waals surface area contributed by atoms with Crippen LogP contribution in [0, 0.1) is 0 Å². The predicted octanol–water partition coefficient (Wildman–Crippen LogP) is 2.71. The first-order chi connectivity index (χ1) is 12.6. The van der Waals surface area contributed by atoms with Crippen LogP contribution in [-0.4, -0.2) is 9.55 Å². The lowest BCUT2D eigenvalue weighted by Gasteiger charge is -2.18. The van der Waals surface area contributed by atoms with Crippen LogP contribution in [0.2, 0.25) is 4.47 Å². The van der Waals surface area contributed by atoms with Crippen molar-refractivity contribution in [3.63, 3.8) is 0 Å². The van der Waals surface area contributed by atoms with Crippen molar-refractivity contribution in [2.45, 2.75) is 25.4 Å². The molecule has 1 unspecified atom stereocenters. The SMILES string of the molecule is C=CCn1c([O-])c(-c2ccccc2)c(=O)[n+]2c1CCC2c1cnc(Cl)s1. The van der Waals surface area contributed by atoms with Crippen LogP contribution in [0.4, 0.5) is 0 Å². The molecule has 3 heterocycles. The Bertz CT molecular complexity index is 1040. The molecular formula is C19H16ClN3O2S. The van der Waals surface area contributed by atoms with Crippen LogP contribution in [0.15, 0.2) is 54.0 Å². The minimum atomic E-state index is -0.268. The van der Waals surface area contributed by atoms with E-state index in [9.17, 15) is 9.90 Å². The van der Waals surface area contributed by atoms with Crippen molar-refractivity contribution in [2.75, 3.05) is 0 Å². The molecule has 0 aliphatic carbocycles. The highest BCUT2D eigenvalue weighted by Gasteiger charge is 2.37. The van der Waals surface area contributed by atoms with Crippen LogP contribution in [0.25, 0.3) is 11.1 Å². The van der Waals surface area contributed by atoms with E-state index >= 15 is 0 Å². The summed E-state index contributed by atoms with van der Waals surface area (Å²) in [6, 6.07) is 8.93. The lowest BCUT2D eigenvalue weighted by Crippen LogP contribution is -2.55. The van der Waals surface area contributed by atoms with Gasteiger partial charge in [-0.2, -0.15) is 4.57 Å². The molecule has 0 amide bonds. The number of fused-ring (bicyclic) bond motifs is 1. The zero-order valence-electron chi connectivity index (χ0n) is 13.9. The molecule has 0 fully saturated rings. The van der Waals surface area contributed by atoms with Crippen molar-refractivity contribution in [1.82, 2.24) is 9.55 Å². The molecule has 1 atom stereocenters. The van der Waals surface area contributed by atoms with Gasteiger partial charge in [0, 0.05) is 12.6 Å². The average Bonchev–Trinajstić information content (AvgIpc) is 3.26. The van der Waals surface area contributed by atoms with Crippen LogP contribution < -0.4 is 15.2 Å². The molecule has 132 valence electrons. The molecule has 0 saturated carbocycles. The number of aromatic nitrogens is 3. The number of hydrogen-bond acceptors (Lipinski definition) is 4. The lowest BCUT2D eigenvalue weighted by molar-refractivity contribution is -0.724. The predicted molar refractivity (Wildman–Crippen MR) is 99.6 cm³/mol. The fourth-order valence-electron chi connectivity index (χ4n) is 3.54. The number of rotatable bonds is 4. The highest BCUT2D eigenvalue weighted by Crippen LogP contribution is 2.32. The molecule has 0 N–H and O–H groups in total. The van der Waals surface area contributed by atoms with Crippen molar-refractivity contribution in [2.24, 2.45) is 0 Å². The van der Waals surface area contributed by atoms with Crippen LogP contribution in [0.5, 0.6) is 5.88 Å². The number of benzene rings is 1. The van der Waals surface area contributed by atoms with E-state index < -0.39 is 0 Å². The summed E-state index contributed by atoms with van der Waals surface area (Å²) in [6.07, 6.45) is 4.78. The molecule has 0 bridgehead atoms. The highest BCUT2D eigenvalue weighted by atomic mass is 35.5. The third-order valence-electron chi connectivity index (χ3n) is 4.63. The van der Waals surface area contributed by atoms with Gasteiger partial charge in [0.2, 0.25) is 0 Å². The Balaban J connectivity index is 2.00. The van der Waals surface area contributed by atoms with E-state index in [1.165, 1.54) is 11.3 Å². The lowest BCUT2D eigenvalue weighted by atomic mass is 10.1. The number of halogens is 1. The maximum Gasteiger partial charge on any atom is 0.345 e. The molecule has 1 aliphatic rings. The monoisotopic (exact) mass is 385 g/mol. The third-order valence-corrected chi connectivity index (χ3v) is 5.85. The summed E-state index contributed by atoms with van der Waals surface area (Å²) in [4.78, 5) is 18.3. The molecule has 0 saturated heterocycles. The fraction of sp³-hybridized carbons (Fsp3) is 0.211. The molecule has 5 nitrogen and oxygen atoms in total. The summed E-state index contributed by atoms with van der Waals surface area (Å²) in [5.74, 6) is 0.462. The largest absolute Gasteiger partial charge is 0.842 e. The van der Waals surface area contributed by atoms with Gasteiger partial charge in [-0.05, 0) is 5.56 Å². The third kappa shape index (κ3) is 2.66. The normalized spacial score (nSPS) is 15.8. The second-order valence-corrected chi connectivity index (χ2v) is 7.75. The smallest absolute Gasteiger partial charge is 0.345 e. The molecule has 0 spiro atoms. The van der Waals surface area contributed by atoms with E-state index in [1.807, 2.05) is 18.2 Å². The van der Waals surface area contributed by atoms with Crippen molar-refractivity contribution < 1.29 is 9.67 Å². The van der Waals surface area contributed by atoms with Crippen molar-refractivity contribution in [3.8, 4) is 17.0 Å². The fourth-order valence-corrected chi connectivity index (χ4v) is 4.62. The minimum absolute atomic E-state index is 0.151. The quantitative estimate of drug-likeness (QED) is 0.512. The van der Waals surface area contributed by atoms with E-state index in [1.54, 1.807) is 33.5 Å². The van der Waals surface area contributed by atoms with Gasteiger partial charge in [0.05, 0.1) is 17.2 Å². The van der Waals surface area contributed by atoms with Gasteiger partial charge in [0.15, 0.2) is 4.47 Å². The van der Waals surface area contributed by atoms with Crippen LogP contribution in [0.1, 0.15) is 23.2 Å². The number of hydrogen-bond donors (Lipinski definition) is 0. The standard InChI is InChI=1S/C19H16ClN3O2S/c1-2-10-22-15-9-8-13(14-11-21-19(20)26-14)23(15)18(25)16(17(22)24)12-6-4-3-5-7-12/h2-7,11,13H,1,8-10H2. The summed E-state index contributed by atoms with van der Waals surface area (Å²) in [7, 11) is 0. The van der Waals surface area contributed by atoms with Gasteiger partial charge in [-0.25, -0.2) is 14.3 Å². The molecule has 3 aromatic rings. The van der Waals surface area contributed by atoms with Gasteiger partial charge < -0.3 is 5.11 Å². The van der Waals surface area contributed by atoms with E-state index in [4.69, 9.17) is 11.6 Å². The summed E-state index contributed by atoms with van der Waals surface area (Å²) in [5.41, 5.74) is 0.561. The second-order valence-electron chi connectivity index (χ2n) is 6.11.